The molecule has 0 aliphatic carbocycles. The van der Waals surface area contributed by atoms with Crippen LogP contribution >= 0.6 is 0 Å². The van der Waals surface area contributed by atoms with Crippen molar-refractivity contribution in [3.05, 3.63) is 41.7 Å². The maximum absolute atomic E-state index is 12.9. The van der Waals surface area contributed by atoms with Crippen LogP contribution in [-0.4, -0.2) is 47.9 Å². The molecule has 0 saturated carbocycles. The van der Waals surface area contributed by atoms with Crippen molar-refractivity contribution in [3.8, 4) is 0 Å². The molecule has 22 heavy (non-hydrogen) atoms. The summed E-state index contributed by atoms with van der Waals surface area (Å²) in [7, 11) is 0. The number of hydrogen-bond donors (Lipinski definition) is 1. The van der Waals surface area contributed by atoms with E-state index in [0.717, 1.165) is 11.1 Å². The van der Waals surface area contributed by atoms with Gasteiger partial charge in [-0.2, -0.15) is 0 Å². The minimum Gasteiger partial charge on any atom is -0.351 e. The van der Waals surface area contributed by atoms with Gasteiger partial charge in [0, 0.05) is 32.3 Å². The number of benzene rings is 1. The molecule has 1 saturated heterocycles. The van der Waals surface area contributed by atoms with Crippen molar-refractivity contribution < 1.29 is 14.0 Å². The largest absolute Gasteiger partial charge is 0.351 e. The number of nitrogens with zero attached hydrogens (tertiary/aromatic N) is 2. The minimum absolute atomic E-state index is 0.104. The van der Waals surface area contributed by atoms with E-state index >= 15 is 0 Å². The van der Waals surface area contributed by atoms with Crippen LogP contribution in [-0.2, 0) is 4.79 Å². The predicted octanol–water partition coefficient (Wildman–Crippen LogP) is 1.84. The highest BCUT2D eigenvalue weighted by Crippen LogP contribution is 2.15. The van der Waals surface area contributed by atoms with Crippen molar-refractivity contribution >= 4 is 17.5 Å². The van der Waals surface area contributed by atoms with Gasteiger partial charge in [-0.15, -0.1) is 0 Å². The third-order valence-electron chi connectivity index (χ3n) is 3.76. The Hall–Kier alpha value is -2.37. The zero-order chi connectivity index (χ0) is 16.1. The smallest absolute Gasteiger partial charge is 0.314 e. The molecule has 0 atom stereocenters. The Kier molecular flexibility index (Phi) is 5.14. The van der Waals surface area contributed by atoms with Crippen LogP contribution in [0.1, 0.15) is 18.9 Å². The molecule has 0 aromatic heterocycles. The first kappa shape index (κ1) is 16.0. The van der Waals surface area contributed by atoms with Crippen molar-refractivity contribution in [1.29, 1.82) is 0 Å². The number of amides is 3. The molecule has 2 rings (SSSR count). The summed E-state index contributed by atoms with van der Waals surface area (Å²) >= 11 is 0. The highest BCUT2D eigenvalue weighted by atomic mass is 19.1. The lowest BCUT2D eigenvalue weighted by atomic mass is 10.1. The number of halogens is 1. The van der Waals surface area contributed by atoms with E-state index in [-0.39, 0.29) is 11.7 Å². The van der Waals surface area contributed by atoms with Crippen LogP contribution in [0.25, 0.3) is 5.57 Å². The molecule has 1 aliphatic heterocycles. The van der Waals surface area contributed by atoms with E-state index in [1.54, 1.807) is 28.0 Å². The van der Waals surface area contributed by atoms with Gasteiger partial charge in [-0.25, -0.2) is 9.18 Å². The number of carbonyl (C=O) groups is 2. The SMILES string of the molecule is C/C(=C\C(=O)N1CCCN(C(N)=O)CC1)c1ccc(F)cc1. The number of primary amides is 1. The second-order valence-corrected chi connectivity index (χ2v) is 5.34. The summed E-state index contributed by atoms with van der Waals surface area (Å²) in [5.74, 6) is -0.407. The lowest BCUT2D eigenvalue weighted by Gasteiger charge is -2.20. The maximum atomic E-state index is 12.9. The summed E-state index contributed by atoms with van der Waals surface area (Å²) in [6, 6.07) is 5.58. The third-order valence-corrected chi connectivity index (χ3v) is 3.76. The molecule has 118 valence electrons. The number of urea groups is 1. The van der Waals surface area contributed by atoms with Gasteiger partial charge in [0.1, 0.15) is 5.82 Å². The molecule has 0 bridgehead atoms. The van der Waals surface area contributed by atoms with Gasteiger partial charge in [0.25, 0.3) is 0 Å². The van der Waals surface area contributed by atoms with E-state index < -0.39 is 6.03 Å². The average Bonchev–Trinajstić information content (AvgIpc) is 2.73. The second kappa shape index (κ2) is 7.06. The molecule has 0 radical (unpaired) electrons. The number of carbonyl (C=O) groups excluding carboxylic acids is 2. The van der Waals surface area contributed by atoms with Gasteiger partial charge < -0.3 is 15.5 Å². The van der Waals surface area contributed by atoms with Crippen molar-refractivity contribution in [3.63, 3.8) is 0 Å². The van der Waals surface area contributed by atoms with Crippen LogP contribution in [0.5, 0.6) is 0 Å². The molecule has 0 spiro atoms. The minimum atomic E-state index is -0.452. The molecule has 1 aromatic rings. The number of rotatable bonds is 2. The van der Waals surface area contributed by atoms with Crippen molar-refractivity contribution in [2.75, 3.05) is 26.2 Å². The Morgan fingerprint density at radius 2 is 1.68 bits per heavy atom. The van der Waals surface area contributed by atoms with Gasteiger partial charge in [0.2, 0.25) is 5.91 Å². The van der Waals surface area contributed by atoms with Crippen LogP contribution in [0.15, 0.2) is 30.3 Å². The Bertz CT molecular complexity index is 584. The molecule has 5 nitrogen and oxygen atoms in total. The number of hydrogen-bond acceptors (Lipinski definition) is 2. The normalized spacial score (nSPS) is 16.4. The molecular weight excluding hydrogens is 285 g/mol. The first-order valence-electron chi connectivity index (χ1n) is 7.25. The fourth-order valence-corrected chi connectivity index (χ4v) is 2.43. The zero-order valence-corrected chi connectivity index (χ0v) is 12.6. The van der Waals surface area contributed by atoms with Crippen LogP contribution in [0.3, 0.4) is 0 Å². The van der Waals surface area contributed by atoms with Gasteiger partial charge >= 0.3 is 6.03 Å². The molecule has 6 heteroatoms. The molecule has 0 unspecified atom stereocenters. The summed E-state index contributed by atoms with van der Waals surface area (Å²) < 4.78 is 12.9. The molecule has 1 fully saturated rings. The lowest BCUT2D eigenvalue weighted by Crippen LogP contribution is -2.39. The highest BCUT2D eigenvalue weighted by Gasteiger charge is 2.19. The van der Waals surface area contributed by atoms with Crippen LogP contribution in [0.4, 0.5) is 9.18 Å². The summed E-state index contributed by atoms with van der Waals surface area (Å²) in [4.78, 5) is 26.7. The Balaban J connectivity index is 2.03. The maximum Gasteiger partial charge on any atom is 0.314 e. The molecule has 1 aromatic carbocycles. The Labute approximate surface area is 129 Å². The second-order valence-electron chi connectivity index (χ2n) is 5.34. The van der Waals surface area contributed by atoms with E-state index in [0.29, 0.717) is 32.6 Å². The summed E-state index contributed by atoms with van der Waals surface area (Å²) in [5, 5.41) is 0. The fourth-order valence-electron chi connectivity index (χ4n) is 2.43. The fraction of sp³-hybridized carbons (Fsp3) is 0.375. The van der Waals surface area contributed by atoms with Gasteiger partial charge in [-0.3, -0.25) is 4.79 Å². The van der Waals surface area contributed by atoms with Crippen LogP contribution in [0, 0.1) is 5.82 Å². The first-order chi connectivity index (χ1) is 10.5. The van der Waals surface area contributed by atoms with Crippen molar-refractivity contribution in [2.24, 2.45) is 5.73 Å². The van der Waals surface area contributed by atoms with E-state index in [4.69, 9.17) is 5.73 Å². The quantitative estimate of drug-likeness (QED) is 0.847. The van der Waals surface area contributed by atoms with Gasteiger partial charge in [-0.1, -0.05) is 12.1 Å². The van der Waals surface area contributed by atoms with Crippen LogP contribution < -0.4 is 5.73 Å². The van der Waals surface area contributed by atoms with Crippen molar-refractivity contribution in [2.45, 2.75) is 13.3 Å². The molecule has 1 aliphatic rings. The summed E-state index contributed by atoms with van der Waals surface area (Å²) in [6.07, 6.45) is 2.26. The Morgan fingerprint density at radius 1 is 1.09 bits per heavy atom. The van der Waals surface area contributed by atoms with E-state index in [2.05, 4.69) is 0 Å². The molecule has 1 heterocycles. The lowest BCUT2D eigenvalue weighted by molar-refractivity contribution is -0.125. The summed E-state index contributed by atoms with van der Waals surface area (Å²) in [5.41, 5.74) is 6.86. The van der Waals surface area contributed by atoms with Gasteiger partial charge in [0.15, 0.2) is 0 Å². The van der Waals surface area contributed by atoms with E-state index in [9.17, 15) is 14.0 Å². The Morgan fingerprint density at radius 3 is 2.32 bits per heavy atom. The monoisotopic (exact) mass is 305 g/mol. The van der Waals surface area contributed by atoms with Gasteiger partial charge in [-0.05, 0) is 36.6 Å². The molecular formula is C16H20FN3O2. The van der Waals surface area contributed by atoms with E-state index in [1.165, 1.54) is 12.1 Å². The molecule has 3 amide bonds. The predicted molar refractivity (Wildman–Crippen MR) is 82.4 cm³/mol. The topological polar surface area (TPSA) is 66.6 Å². The third kappa shape index (κ3) is 4.07. The number of nitrogens with two attached hydrogens (primary N) is 1. The van der Waals surface area contributed by atoms with Crippen molar-refractivity contribution in [1.82, 2.24) is 9.80 Å². The standard InChI is InChI=1S/C16H20FN3O2/c1-12(13-3-5-14(17)6-4-13)11-15(21)19-7-2-8-20(10-9-19)16(18)22/h3-6,11H,2,7-10H2,1H3,(H2,18,22)/b12-11+. The van der Waals surface area contributed by atoms with Crippen LogP contribution in [0.2, 0.25) is 0 Å². The zero-order valence-electron chi connectivity index (χ0n) is 12.6. The average molecular weight is 305 g/mol. The van der Waals surface area contributed by atoms with E-state index in [1.807, 2.05) is 6.92 Å². The van der Waals surface area contributed by atoms with Gasteiger partial charge in [0.05, 0.1) is 0 Å². The molecule has 2 N–H and O–H groups in total. The summed E-state index contributed by atoms with van der Waals surface area (Å²) in [6.45, 7) is 3.90. The highest BCUT2D eigenvalue weighted by molar-refractivity contribution is 5.94. The number of allylic oxidation sites excluding steroid dienone is 1. The first-order valence-corrected chi connectivity index (χ1v) is 7.25.